The standard InChI is InChI=1S/C15H25ClNO4P/c1-7-13(16)11-10-12(4)21-22(19,9-3)17-15(5,6)14(18)20-8-2/h7,10-11H,1,8-9H2,2-6H3,(H,17,19)/b12-10+,13-11+. The molecule has 0 fully saturated rings. The van der Waals surface area contributed by atoms with Gasteiger partial charge in [0.1, 0.15) is 11.3 Å². The molecule has 0 aliphatic heterocycles. The van der Waals surface area contributed by atoms with Crippen molar-refractivity contribution >= 4 is 25.1 Å². The summed E-state index contributed by atoms with van der Waals surface area (Å²) in [7, 11) is -3.24. The summed E-state index contributed by atoms with van der Waals surface area (Å²) in [5, 5.41) is 3.22. The highest BCUT2D eigenvalue weighted by Crippen LogP contribution is 2.46. The third-order valence-electron chi connectivity index (χ3n) is 2.62. The molecule has 7 heteroatoms. The van der Waals surface area contributed by atoms with Crippen LogP contribution >= 0.6 is 19.1 Å². The van der Waals surface area contributed by atoms with Crippen LogP contribution in [0.15, 0.2) is 35.6 Å². The van der Waals surface area contributed by atoms with E-state index >= 15 is 0 Å². The predicted octanol–water partition coefficient (Wildman–Crippen LogP) is 4.36. The van der Waals surface area contributed by atoms with Crippen LogP contribution in [-0.4, -0.2) is 24.3 Å². The van der Waals surface area contributed by atoms with Gasteiger partial charge in [-0.3, -0.25) is 9.36 Å². The molecule has 0 saturated heterocycles. The largest absolute Gasteiger partial charge is 0.465 e. The molecule has 0 aliphatic rings. The van der Waals surface area contributed by atoms with Crippen LogP contribution in [0.1, 0.15) is 34.6 Å². The number of hydrogen-bond acceptors (Lipinski definition) is 4. The smallest absolute Gasteiger partial charge is 0.326 e. The molecule has 0 aromatic heterocycles. The van der Waals surface area contributed by atoms with E-state index in [4.69, 9.17) is 20.9 Å². The summed E-state index contributed by atoms with van der Waals surface area (Å²) < 4.78 is 23.2. The van der Waals surface area contributed by atoms with E-state index in [2.05, 4.69) is 11.7 Å². The van der Waals surface area contributed by atoms with Gasteiger partial charge in [0.2, 0.25) is 0 Å². The Bertz CT molecular complexity index is 512. The molecule has 22 heavy (non-hydrogen) atoms. The van der Waals surface area contributed by atoms with E-state index in [0.29, 0.717) is 10.8 Å². The molecule has 1 N–H and O–H groups in total. The molecule has 0 heterocycles. The van der Waals surface area contributed by atoms with Gasteiger partial charge < -0.3 is 9.26 Å². The second-order valence-electron chi connectivity index (χ2n) is 5.07. The van der Waals surface area contributed by atoms with Gasteiger partial charge >= 0.3 is 13.5 Å². The minimum atomic E-state index is -3.24. The van der Waals surface area contributed by atoms with Crippen LogP contribution in [0.4, 0.5) is 0 Å². The van der Waals surface area contributed by atoms with E-state index in [0.717, 1.165) is 0 Å². The van der Waals surface area contributed by atoms with Crippen LogP contribution in [0.2, 0.25) is 0 Å². The fourth-order valence-electron chi connectivity index (χ4n) is 1.48. The lowest BCUT2D eigenvalue weighted by molar-refractivity contribution is -0.149. The molecule has 0 bridgehead atoms. The number of hydrogen-bond donors (Lipinski definition) is 1. The Hall–Kier alpha value is -1.03. The van der Waals surface area contributed by atoms with Gasteiger partial charge in [-0.15, -0.1) is 0 Å². The Morgan fingerprint density at radius 3 is 2.41 bits per heavy atom. The molecule has 0 saturated carbocycles. The molecule has 0 aliphatic carbocycles. The quantitative estimate of drug-likeness (QED) is 0.290. The SMILES string of the molecule is C=C/C(Cl)=C\C=C(/C)OP(=O)(CC)NC(C)(C)C(=O)OCC. The van der Waals surface area contributed by atoms with Crippen molar-refractivity contribution in [3.05, 3.63) is 35.6 Å². The van der Waals surface area contributed by atoms with Gasteiger partial charge in [-0.2, -0.15) is 0 Å². The summed E-state index contributed by atoms with van der Waals surface area (Å²) in [5.41, 5.74) is -1.11. The monoisotopic (exact) mass is 349 g/mol. The van der Waals surface area contributed by atoms with Crippen LogP contribution in [0.3, 0.4) is 0 Å². The third kappa shape index (κ3) is 7.30. The number of ether oxygens (including phenoxy) is 1. The summed E-state index contributed by atoms with van der Waals surface area (Å²) in [6.07, 6.45) is 4.87. The predicted molar refractivity (Wildman–Crippen MR) is 91.0 cm³/mol. The number of halogens is 1. The van der Waals surface area contributed by atoms with Crippen molar-refractivity contribution < 1.29 is 18.6 Å². The molecule has 126 valence electrons. The number of nitrogens with one attached hydrogen (secondary N) is 1. The van der Waals surface area contributed by atoms with Gasteiger partial charge in [-0.1, -0.05) is 31.2 Å². The molecule has 0 aromatic rings. The summed E-state index contributed by atoms with van der Waals surface area (Å²) >= 11 is 5.79. The average molecular weight is 350 g/mol. The van der Waals surface area contributed by atoms with Gasteiger partial charge in [-0.05, 0) is 39.8 Å². The van der Waals surface area contributed by atoms with Crippen LogP contribution < -0.4 is 5.09 Å². The fraction of sp³-hybridized carbons (Fsp3) is 0.533. The number of carbonyl (C=O) groups excluding carboxylic acids is 1. The number of esters is 1. The van der Waals surface area contributed by atoms with E-state index in [1.807, 2.05) is 0 Å². The second kappa shape index (κ2) is 9.19. The van der Waals surface area contributed by atoms with E-state index in [1.54, 1.807) is 46.8 Å². The zero-order chi connectivity index (χ0) is 17.4. The molecule has 0 aromatic carbocycles. The van der Waals surface area contributed by atoms with Crippen molar-refractivity contribution in [2.75, 3.05) is 12.8 Å². The van der Waals surface area contributed by atoms with Crippen molar-refractivity contribution in [1.82, 2.24) is 5.09 Å². The highest BCUT2D eigenvalue weighted by Gasteiger charge is 2.37. The maximum Gasteiger partial charge on any atom is 0.326 e. The first kappa shape index (κ1) is 21.0. The first-order valence-corrected chi connectivity index (χ1v) is 9.20. The van der Waals surface area contributed by atoms with Crippen LogP contribution in [0.5, 0.6) is 0 Å². The van der Waals surface area contributed by atoms with E-state index in [1.165, 1.54) is 6.08 Å². The lowest BCUT2D eigenvalue weighted by Crippen LogP contribution is -2.46. The molecule has 0 amide bonds. The number of carbonyl (C=O) groups is 1. The molecule has 0 radical (unpaired) electrons. The molecular weight excluding hydrogens is 325 g/mol. The van der Waals surface area contributed by atoms with E-state index < -0.39 is 19.0 Å². The van der Waals surface area contributed by atoms with Crippen molar-refractivity contribution in [1.29, 1.82) is 0 Å². The van der Waals surface area contributed by atoms with Crippen molar-refractivity contribution in [3.63, 3.8) is 0 Å². The van der Waals surface area contributed by atoms with Crippen molar-refractivity contribution in [3.8, 4) is 0 Å². The molecule has 0 spiro atoms. The van der Waals surface area contributed by atoms with Gasteiger partial charge in [0, 0.05) is 11.2 Å². The van der Waals surface area contributed by atoms with Gasteiger partial charge in [0.05, 0.1) is 6.61 Å². The summed E-state index contributed by atoms with van der Waals surface area (Å²) in [5.74, 6) is -0.0687. The normalized spacial score (nSPS) is 15.9. The average Bonchev–Trinajstić information content (AvgIpc) is 2.44. The van der Waals surface area contributed by atoms with Gasteiger partial charge in [0.25, 0.3) is 0 Å². The first-order chi connectivity index (χ1) is 10.1. The number of rotatable bonds is 9. The number of allylic oxidation sites excluding steroid dienone is 5. The molecular formula is C15H25ClNO4P. The Morgan fingerprint density at radius 2 is 1.95 bits per heavy atom. The van der Waals surface area contributed by atoms with Crippen LogP contribution in [-0.2, 0) is 18.6 Å². The van der Waals surface area contributed by atoms with Crippen molar-refractivity contribution in [2.45, 2.75) is 40.2 Å². The Kier molecular flexibility index (Phi) is 8.76. The zero-order valence-electron chi connectivity index (χ0n) is 13.8. The van der Waals surface area contributed by atoms with E-state index in [9.17, 15) is 9.36 Å². The maximum absolute atomic E-state index is 12.8. The summed E-state index contributed by atoms with van der Waals surface area (Å²) in [4.78, 5) is 11.9. The molecule has 0 rings (SSSR count). The molecule has 5 nitrogen and oxygen atoms in total. The van der Waals surface area contributed by atoms with Crippen LogP contribution in [0, 0.1) is 0 Å². The fourth-order valence-corrected chi connectivity index (χ4v) is 3.34. The van der Waals surface area contributed by atoms with Gasteiger partial charge in [-0.25, -0.2) is 5.09 Å². The maximum atomic E-state index is 12.8. The van der Waals surface area contributed by atoms with E-state index in [-0.39, 0.29) is 12.8 Å². The Morgan fingerprint density at radius 1 is 1.36 bits per heavy atom. The summed E-state index contributed by atoms with van der Waals surface area (Å²) in [6, 6.07) is 0. The van der Waals surface area contributed by atoms with Gasteiger partial charge in [0.15, 0.2) is 0 Å². The lowest BCUT2D eigenvalue weighted by Gasteiger charge is -2.29. The Labute approximate surface area is 137 Å². The minimum Gasteiger partial charge on any atom is -0.465 e. The highest BCUT2D eigenvalue weighted by molar-refractivity contribution is 7.57. The Balaban J connectivity index is 5.10. The van der Waals surface area contributed by atoms with Crippen LogP contribution in [0.25, 0.3) is 0 Å². The van der Waals surface area contributed by atoms with Crippen molar-refractivity contribution in [2.24, 2.45) is 0 Å². The second-order valence-corrected chi connectivity index (χ2v) is 7.89. The zero-order valence-corrected chi connectivity index (χ0v) is 15.5. The minimum absolute atomic E-state index is 0.222. The molecule has 1 atom stereocenters. The highest BCUT2D eigenvalue weighted by atomic mass is 35.5. The third-order valence-corrected chi connectivity index (χ3v) is 5.21. The summed E-state index contributed by atoms with van der Waals surface area (Å²) in [6.45, 7) is 12.1. The topological polar surface area (TPSA) is 64.6 Å². The lowest BCUT2D eigenvalue weighted by atomic mass is 10.1. The first-order valence-electron chi connectivity index (χ1n) is 7.02. The molecule has 1 unspecified atom stereocenters.